The van der Waals surface area contributed by atoms with E-state index in [-0.39, 0.29) is 29.2 Å². The second kappa shape index (κ2) is 6.13. The molecule has 2 rings (SSSR count). The fourth-order valence-corrected chi connectivity index (χ4v) is 4.10. The Morgan fingerprint density at radius 3 is 2.71 bits per heavy atom. The molecule has 21 heavy (non-hydrogen) atoms. The van der Waals surface area contributed by atoms with Crippen LogP contribution in [0.15, 0.2) is 6.07 Å². The van der Waals surface area contributed by atoms with Gasteiger partial charge in [-0.2, -0.15) is 0 Å². The van der Waals surface area contributed by atoms with E-state index in [1.165, 1.54) is 4.90 Å². The number of nitrogens with one attached hydrogen (secondary N) is 1. The van der Waals surface area contributed by atoms with Gasteiger partial charge < -0.3 is 10.2 Å². The number of hydrogen-bond donors (Lipinski definition) is 1. The minimum absolute atomic E-state index is 0.0130. The lowest BCUT2D eigenvalue weighted by molar-refractivity contribution is 0.563. The zero-order valence-electron chi connectivity index (χ0n) is 12.1. The van der Waals surface area contributed by atoms with Crippen LogP contribution in [0.4, 0.5) is 20.4 Å². The van der Waals surface area contributed by atoms with Crippen molar-refractivity contribution in [2.75, 3.05) is 35.3 Å². The third-order valence-corrected chi connectivity index (χ3v) is 5.29. The third kappa shape index (κ3) is 3.61. The summed E-state index contributed by atoms with van der Waals surface area (Å²) in [6.07, 6.45) is 1.21. The van der Waals surface area contributed by atoms with Crippen LogP contribution in [0.3, 0.4) is 0 Å². The molecule has 1 atom stereocenters. The molecule has 1 saturated heterocycles. The van der Waals surface area contributed by atoms with Crippen LogP contribution < -0.4 is 10.2 Å². The van der Waals surface area contributed by atoms with E-state index in [9.17, 15) is 17.2 Å². The van der Waals surface area contributed by atoms with E-state index in [4.69, 9.17) is 0 Å². The predicted octanol–water partition coefficient (Wildman–Crippen LogP) is 1.80. The molecule has 1 aliphatic rings. The van der Waals surface area contributed by atoms with E-state index in [2.05, 4.69) is 10.3 Å². The van der Waals surface area contributed by atoms with Crippen LogP contribution in [0.25, 0.3) is 0 Å². The maximum Gasteiger partial charge on any atom is 0.168 e. The Kier molecular flexibility index (Phi) is 4.65. The van der Waals surface area contributed by atoms with Gasteiger partial charge in [-0.3, -0.25) is 0 Å². The van der Waals surface area contributed by atoms with Gasteiger partial charge in [-0.1, -0.05) is 6.92 Å². The second-order valence-corrected chi connectivity index (χ2v) is 7.45. The highest BCUT2D eigenvalue weighted by Gasteiger charge is 2.32. The average Bonchev–Trinajstić information content (AvgIpc) is 2.77. The number of sulfone groups is 1. The van der Waals surface area contributed by atoms with Crippen LogP contribution in [0.5, 0.6) is 0 Å². The number of aromatic nitrogens is 1. The van der Waals surface area contributed by atoms with Gasteiger partial charge >= 0.3 is 0 Å². The number of anilines is 2. The number of pyridine rings is 1. The lowest BCUT2D eigenvalue weighted by atomic mass is 10.2. The zero-order chi connectivity index (χ0) is 15.6. The summed E-state index contributed by atoms with van der Waals surface area (Å²) in [5.74, 6) is -1.53. The molecule has 118 valence electrons. The minimum atomic E-state index is -3.08. The van der Waals surface area contributed by atoms with E-state index < -0.39 is 21.5 Å². The van der Waals surface area contributed by atoms with E-state index in [1.807, 2.05) is 6.92 Å². The largest absolute Gasteiger partial charge is 0.368 e. The molecule has 0 aliphatic carbocycles. The van der Waals surface area contributed by atoms with Crippen molar-refractivity contribution in [1.29, 1.82) is 0 Å². The lowest BCUT2D eigenvalue weighted by Gasteiger charge is -2.25. The number of nitrogens with zero attached hydrogens (tertiary/aromatic N) is 2. The van der Waals surface area contributed by atoms with Gasteiger partial charge in [-0.05, 0) is 12.8 Å². The minimum Gasteiger partial charge on any atom is -0.368 e. The van der Waals surface area contributed by atoms with Gasteiger partial charge in [0.15, 0.2) is 33.1 Å². The summed E-state index contributed by atoms with van der Waals surface area (Å²) in [7, 11) is -1.49. The predicted molar refractivity (Wildman–Crippen MR) is 78.4 cm³/mol. The molecule has 1 aromatic heterocycles. The lowest BCUT2D eigenvalue weighted by Crippen LogP contribution is -2.34. The molecular formula is C13H19F2N3O2S. The normalized spacial score (nSPS) is 20.5. The van der Waals surface area contributed by atoms with Crippen molar-refractivity contribution < 1.29 is 17.2 Å². The monoisotopic (exact) mass is 319 g/mol. The fourth-order valence-electron chi connectivity index (χ4n) is 2.33. The molecule has 0 radical (unpaired) electrons. The standard InChI is InChI=1S/C13H19F2N3O2S/c1-3-5-16-12-10(14)7-11(15)13(17-12)18(2)9-4-6-21(19,20)8-9/h7,9H,3-6,8H2,1-2H3,(H,16,17). The summed E-state index contributed by atoms with van der Waals surface area (Å²) in [5, 5.41) is 2.79. The van der Waals surface area contributed by atoms with Crippen molar-refractivity contribution in [1.82, 2.24) is 4.98 Å². The van der Waals surface area contributed by atoms with Crippen molar-refractivity contribution in [3.05, 3.63) is 17.7 Å². The molecule has 1 fully saturated rings. The summed E-state index contributed by atoms with van der Waals surface area (Å²) < 4.78 is 50.6. The van der Waals surface area contributed by atoms with Crippen LogP contribution in [0.2, 0.25) is 0 Å². The molecule has 0 saturated carbocycles. The Labute approximate surface area is 123 Å². The van der Waals surface area contributed by atoms with Crippen molar-refractivity contribution in [3.63, 3.8) is 0 Å². The molecule has 0 amide bonds. The summed E-state index contributed by atoms with van der Waals surface area (Å²) >= 11 is 0. The highest BCUT2D eigenvalue weighted by atomic mass is 32.2. The van der Waals surface area contributed by atoms with Crippen LogP contribution in [0, 0.1) is 11.6 Å². The molecule has 2 heterocycles. The first-order chi connectivity index (χ1) is 9.84. The molecule has 0 bridgehead atoms. The highest BCUT2D eigenvalue weighted by molar-refractivity contribution is 7.91. The van der Waals surface area contributed by atoms with E-state index in [0.717, 1.165) is 12.5 Å². The van der Waals surface area contributed by atoms with Crippen LogP contribution in [-0.2, 0) is 9.84 Å². The Morgan fingerprint density at radius 1 is 1.43 bits per heavy atom. The smallest absolute Gasteiger partial charge is 0.168 e. The second-order valence-electron chi connectivity index (χ2n) is 5.22. The molecule has 0 aromatic carbocycles. The molecule has 1 aromatic rings. The number of halogens is 2. The van der Waals surface area contributed by atoms with Gasteiger partial charge in [0.05, 0.1) is 11.5 Å². The molecule has 5 nitrogen and oxygen atoms in total. The first-order valence-electron chi connectivity index (χ1n) is 6.87. The summed E-state index contributed by atoms with van der Waals surface area (Å²) in [4.78, 5) is 5.45. The first-order valence-corrected chi connectivity index (χ1v) is 8.69. The van der Waals surface area contributed by atoms with E-state index in [1.54, 1.807) is 7.05 Å². The van der Waals surface area contributed by atoms with Crippen LogP contribution in [-0.4, -0.2) is 44.5 Å². The Bertz CT molecular complexity index is 622. The SMILES string of the molecule is CCCNc1nc(N(C)C2CCS(=O)(=O)C2)c(F)cc1F. The summed E-state index contributed by atoms with van der Waals surface area (Å²) in [5.41, 5.74) is 0. The van der Waals surface area contributed by atoms with Gasteiger partial charge in [0.1, 0.15) is 0 Å². The third-order valence-electron chi connectivity index (χ3n) is 3.54. The van der Waals surface area contributed by atoms with Gasteiger partial charge in [0.25, 0.3) is 0 Å². The van der Waals surface area contributed by atoms with Crippen molar-refractivity contribution in [3.8, 4) is 0 Å². The van der Waals surface area contributed by atoms with E-state index >= 15 is 0 Å². The van der Waals surface area contributed by atoms with E-state index in [0.29, 0.717) is 13.0 Å². The van der Waals surface area contributed by atoms with Gasteiger partial charge in [-0.15, -0.1) is 0 Å². The van der Waals surface area contributed by atoms with Crippen LogP contribution >= 0.6 is 0 Å². The summed E-state index contributed by atoms with van der Waals surface area (Å²) in [6.45, 7) is 2.45. The quantitative estimate of drug-likeness (QED) is 0.897. The summed E-state index contributed by atoms with van der Waals surface area (Å²) in [6, 6.07) is 0.446. The van der Waals surface area contributed by atoms with Gasteiger partial charge in [0, 0.05) is 25.7 Å². The van der Waals surface area contributed by atoms with Gasteiger partial charge in [0.2, 0.25) is 0 Å². The Hall–Kier alpha value is -1.44. The zero-order valence-corrected chi connectivity index (χ0v) is 12.9. The maximum absolute atomic E-state index is 13.9. The number of rotatable bonds is 5. The maximum atomic E-state index is 13.9. The average molecular weight is 319 g/mol. The topological polar surface area (TPSA) is 62.3 Å². The van der Waals surface area contributed by atoms with Crippen molar-refractivity contribution in [2.45, 2.75) is 25.8 Å². The molecular weight excluding hydrogens is 300 g/mol. The molecule has 8 heteroatoms. The number of hydrogen-bond acceptors (Lipinski definition) is 5. The fraction of sp³-hybridized carbons (Fsp3) is 0.615. The van der Waals surface area contributed by atoms with Gasteiger partial charge in [-0.25, -0.2) is 22.2 Å². The molecule has 1 N–H and O–H groups in total. The first kappa shape index (κ1) is 15.9. The molecule has 1 aliphatic heterocycles. The highest BCUT2D eigenvalue weighted by Crippen LogP contribution is 2.26. The Balaban J connectivity index is 2.26. The Morgan fingerprint density at radius 2 is 2.14 bits per heavy atom. The van der Waals surface area contributed by atoms with Crippen molar-refractivity contribution in [2.24, 2.45) is 0 Å². The molecule has 1 unspecified atom stereocenters. The van der Waals surface area contributed by atoms with Crippen LogP contribution in [0.1, 0.15) is 19.8 Å². The molecule has 0 spiro atoms. The van der Waals surface area contributed by atoms with Crippen molar-refractivity contribution >= 4 is 21.5 Å².